The van der Waals surface area contributed by atoms with Crippen molar-refractivity contribution in [2.45, 2.75) is 77.5 Å². The van der Waals surface area contributed by atoms with Crippen LogP contribution in [-0.2, 0) is 48.7 Å². The largest absolute Gasteiger partial charge is 0.497 e. The number of carboxylic acids is 1. The SMILES string of the molecule is COc1ccc(CN(CCCN(CC(=O)NCC(=O)O)C(=O)CNC(=O)OCc2ccccc2)/C(N)=N/S(=O)(=O)c2c(C)c(C)c3c(c2C)CCC(C)(C)O3)c(OC)c1. The summed E-state index contributed by atoms with van der Waals surface area (Å²) < 4.78 is 55.0. The number of carbonyl (C=O) groups excluding carboxylic acids is 3. The zero-order chi connectivity index (χ0) is 43.5. The second-order valence-corrected chi connectivity index (χ2v) is 16.2. The highest BCUT2D eigenvalue weighted by Crippen LogP contribution is 2.42. The van der Waals surface area contributed by atoms with Crippen molar-refractivity contribution < 1.29 is 51.6 Å². The molecule has 0 radical (unpaired) electrons. The molecule has 1 heterocycles. The molecule has 3 aromatic carbocycles. The summed E-state index contributed by atoms with van der Waals surface area (Å²) in [5.74, 6) is -1.40. The Morgan fingerprint density at radius 2 is 1.63 bits per heavy atom. The van der Waals surface area contributed by atoms with Crippen LogP contribution in [0.4, 0.5) is 4.79 Å². The lowest BCUT2D eigenvalue weighted by Crippen LogP contribution is -2.47. The van der Waals surface area contributed by atoms with Crippen molar-refractivity contribution in [3.8, 4) is 17.2 Å². The first-order chi connectivity index (χ1) is 27.8. The number of amides is 3. The van der Waals surface area contributed by atoms with Crippen LogP contribution in [0.3, 0.4) is 0 Å². The fourth-order valence-electron chi connectivity index (χ4n) is 6.61. The monoisotopic (exact) mass is 838 g/mol. The smallest absolute Gasteiger partial charge is 0.407 e. The maximum atomic E-state index is 14.2. The molecule has 0 aliphatic carbocycles. The number of hydrogen-bond donors (Lipinski definition) is 4. The van der Waals surface area contributed by atoms with Gasteiger partial charge in [0.2, 0.25) is 17.8 Å². The van der Waals surface area contributed by atoms with Crippen LogP contribution in [0.1, 0.15) is 60.1 Å². The summed E-state index contributed by atoms with van der Waals surface area (Å²) >= 11 is 0. The molecule has 0 atom stereocenters. The molecule has 0 bridgehead atoms. The number of carboxylic acid groups (broad SMARTS) is 1. The quantitative estimate of drug-likeness (QED) is 0.106. The van der Waals surface area contributed by atoms with E-state index in [1.807, 2.05) is 26.8 Å². The van der Waals surface area contributed by atoms with Gasteiger partial charge in [0.15, 0.2) is 0 Å². The van der Waals surface area contributed by atoms with Crippen LogP contribution >= 0.6 is 0 Å². The molecule has 5 N–H and O–H groups in total. The lowest BCUT2D eigenvalue weighted by atomic mass is 9.88. The first-order valence-electron chi connectivity index (χ1n) is 18.9. The number of fused-ring (bicyclic) bond motifs is 1. The summed E-state index contributed by atoms with van der Waals surface area (Å²) in [5.41, 5.74) is 10.0. The number of methoxy groups -OCH3 is 2. The molecule has 59 heavy (non-hydrogen) atoms. The third-order valence-corrected chi connectivity index (χ3v) is 11.4. The average molecular weight is 839 g/mol. The number of carbonyl (C=O) groups is 4. The Morgan fingerprint density at radius 1 is 0.932 bits per heavy atom. The highest BCUT2D eigenvalue weighted by Gasteiger charge is 2.34. The fraction of sp³-hybridized carbons (Fsp3) is 0.439. The van der Waals surface area contributed by atoms with Crippen LogP contribution in [0.2, 0.25) is 0 Å². The summed E-state index contributed by atoms with van der Waals surface area (Å²) in [6.07, 6.45) is 0.571. The molecule has 0 unspecified atom stereocenters. The van der Waals surface area contributed by atoms with Crippen molar-refractivity contribution in [2.75, 3.05) is 46.9 Å². The summed E-state index contributed by atoms with van der Waals surface area (Å²) in [4.78, 5) is 52.3. The number of rotatable bonds is 18. The Morgan fingerprint density at radius 3 is 2.29 bits per heavy atom. The van der Waals surface area contributed by atoms with Gasteiger partial charge in [-0.2, -0.15) is 8.42 Å². The van der Waals surface area contributed by atoms with E-state index in [1.165, 1.54) is 19.1 Å². The number of nitrogens with zero attached hydrogens (tertiary/aromatic N) is 3. The van der Waals surface area contributed by atoms with E-state index in [0.717, 1.165) is 16.0 Å². The molecule has 3 amide bonds. The van der Waals surface area contributed by atoms with E-state index in [2.05, 4.69) is 15.0 Å². The average Bonchev–Trinajstić information content (AvgIpc) is 3.19. The number of benzene rings is 3. The van der Waals surface area contributed by atoms with Crippen LogP contribution in [-0.4, -0.2) is 106 Å². The predicted octanol–water partition coefficient (Wildman–Crippen LogP) is 3.58. The van der Waals surface area contributed by atoms with Gasteiger partial charge in [0.05, 0.1) is 25.7 Å². The van der Waals surface area contributed by atoms with Crippen LogP contribution < -0.4 is 30.6 Å². The Labute approximate surface area is 344 Å². The van der Waals surface area contributed by atoms with Crippen molar-refractivity contribution in [3.63, 3.8) is 0 Å². The van der Waals surface area contributed by atoms with E-state index in [4.69, 9.17) is 29.8 Å². The van der Waals surface area contributed by atoms with Crippen LogP contribution in [0.25, 0.3) is 0 Å². The molecular weight excluding hydrogens is 785 g/mol. The number of guanidine groups is 1. The third-order valence-electron chi connectivity index (χ3n) is 9.89. The topological polar surface area (TPSA) is 228 Å². The second kappa shape index (κ2) is 20.1. The maximum absolute atomic E-state index is 14.2. The molecular formula is C41H54N6O11S. The molecule has 1 aliphatic heterocycles. The number of nitrogens with two attached hydrogens (primary N) is 1. The summed E-state index contributed by atoms with van der Waals surface area (Å²) in [6.45, 7) is 7.44. The molecule has 4 rings (SSSR count). The number of aliphatic carboxylic acids is 1. The molecule has 0 aromatic heterocycles. The standard InChI is InChI=1S/C41H54N6O11S/c1-26-27(2)38(28(3)32-16-17-41(4,5)58-37(26)32)59(53,54)45-39(42)47(23-30-14-15-31(55-6)20-33(30)56-7)19-11-18-46(24-34(48)43-22-36(50)51)35(49)21-44-40(52)57-25-29-12-9-8-10-13-29/h8-10,12-15,20H,11,16-19,21-25H2,1-7H3,(H2,42,45)(H,43,48)(H,44,52)(H,50,51). The number of ether oxygens (including phenoxy) is 4. The molecule has 17 nitrogen and oxygen atoms in total. The van der Waals surface area contributed by atoms with Crippen LogP contribution in [0.15, 0.2) is 57.8 Å². The van der Waals surface area contributed by atoms with Gasteiger partial charge in [0.1, 0.15) is 42.5 Å². The Balaban J connectivity index is 1.60. The number of nitrogens with one attached hydrogen (secondary N) is 2. The summed E-state index contributed by atoms with van der Waals surface area (Å²) in [7, 11) is -1.41. The highest BCUT2D eigenvalue weighted by molar-refractivity contribution is 7.90. The van der Waals surface area contributed by atoms with E-state index in [-0.39, 0.29) is 43.5 Å². The molecule has 0 fully saturated rings. The minimum absolute atomic E-state index is 0.0178. The van der Waals surface area contributed by atoms with Gasteiger partial charge >= 0.3 is 12.1 Å². The third kappa shape index (κ3) is 12.5. The Kier molecular flexibility index (Phi) is 15.5. The predicted molar refractivity (Wildman–Crippen MR) is 219 cm³/mol. The van der Waals surface area contributed by atoms with E-state index >= 15 is 0 Å². The molecule has 0 spiro atoms. The first-order valence-corrected chi connectivity index (χ1v) is 20.4. The first kappa shape index (κ1) is 45.7. The van der Waals surface area contributed by atoms with Gasteiger partial charge in [0, 0.05) is 31.3 Å². The van der Waals surface area contributed by atoms with Crippen molar-refractivity contribution in [1.82, 2.24) is 20.4 Å². The molecule has 0 saturated heterocycles. The molecule has 320 valence electrons. The van der Waals surface area contributed by atoms with Gasteiger partial charge in [-0.3, -0.25) is 14.4 Å². The molecule has 0 saturated carbocycles. The summed E-state index contributed by atoms with van der Waals surface area (Å²) in [5, 5.41) is 13.7. The minimum Gasteiger partial charge on any atom is -0.497 e. The van der Waals surface area contributed by atoms with Crippen molar-refractivity contribution in [3.05, 3.63) is 81.9 Å². The maximum Gasteiger partial charge on any atom is 0.407 e. The zero-order valence-corrected chi connectivity index (χ0v) is 35.4. The van der Waals surface area contributed by atoms with E-state index in [9.17, 15) is 27.6 Å². The van der Waals surface area contributed by atoms with Gasteiger partial charge < -0.3 is 50.2 Å². The van der Waals surface area contributed by atoms with Gasteiger partial charge in [-0.15, -0.1) is 4.40 Å². The van der Waals surface area contributed by atoms with Crippen molar-refractivity contribution in [2.24, 2.45) is 10.1 Å². The van der Waals surface area contributed by atoms with Crippen molar-refractivity contribution in [1.29, 1.82) is 0 Å². The zero-order valence-electron chi connectivity index (χ0n) is 34.5. The lowest BCUT2D eigenvalue weighted by Gasteiger charge is -2.35. The van der Waals surface area contributed by atoms with Crippen LogP contribution in [0, 0.1) is 20.8 Å². The van der Waals surface area contributed by atoms with Gasteiger partial charge in [0.25, 0.3) is 10.0 Å². The number of alkyl carbamates (subject to hydrolysis) is 1. The normalized spacial score (nSPS) is 13.3. The highest BCUT2D eigenvalue weighted by atomic mass is 32.2. The van der Waals surface area contributed by atoms with E-state index in [1.54, 1.807) is 56.3 Å². The van der Waals surface area contributed by atoms with Crippen molar-refractivity contribution >= 4 is 39.9 Å². The Bertz CT molecular complexity index is 2160. The van der Waals surface area contributed by atoms with E-state index < -0.39 is 59.1 Å². The van der Waals surface area contributed by atoms with Gasteiger partial charge in [-0.05, 0) is 93.8 Å². The molecule has 1 aliphatic rings. The van der Waals surface area contributed by atoms with E-state index in [0.29, 0.717) is 52.3 Å². The van der Waals surface area contributed by atoms with Gasteiger partial charge in [-0.25, -0.2) is 4.79 Å². The molecule has 18 heteroatoms. The minimum atomic E-state index is -4.39. The fourth-order valence-corrected chi connectivity index (χ4v) is 8.11. The van der Waals surface area contributed by atoms with Crippen LogP contribution in [0.5, 0.6) is 17.2 Å². The van der Waals surface area contributed by atoms with Gasteiger partial charge in [-0.1, -0.05) is 30.3 Å². The lowest BCUT2D eigenvalue weighted by molar-refractivity contribution is -0.139. The number of hydrogen-bond acceptors (Lipinski definition) is 10. The Hall–Kier alpha value is -6.04. The second-order valence-electron chi connectivity index (χ2n) is 14.7. The number of sulfonamides is 1. The molecule has 3 aromatic rings. The summed E-state index contributed by atoms with van der Waals surface area (Å²) in [6, 6.07) is 14.0.